The van der Waals surface area contributed by atoms with Crippen LogP contribution in [0.25, 0.3) is 5.65 Å². The van der Waals surface area contributed by atoms with Crippen LogP contribution in [0, 0.1) is 5.82 Å². The molecular weight excluding hydrogens is 389 g/mol. The van der Waals surface area contributed by atoms with Gasteiger partial charge in [0.15, 0.2) is 11.5 Å². The second-order valence-corrected chi connectivity index (χ2v) is 6.29. The smallest absolute Gasteiger partial charge is 0.345 e. The lowest BCUT2D eigenvalue weighted by molar-refractivity contribution is 0.0529. The molecule has 0 aliphatic rings. The minimum atomic E-state index is -0.623. The van der Waals surface area contributed by atoms with Gasteiger partial charge in [-0.15, -0.1) is 5.10 Å². The number of rotatable bonds is 6. The molecule has 0 aliphatic carbocycles. The molecule has 0 radical (unpaired) electrons. The number of halogens is 2. The first-order valence-corrected chi connectivity index (χ1v) is 8.97. The summed E-state index contributed by atoms with van der Waals surface area (Å²) in [4.78, 5) is 18.4. The van der Waals surface area contributed by atoms with Gasteiger partial charge in [0.25, 0.3) is 0 Å². The van der Waals surface area contributed by atoms with E-state index >= 15 is 0 Å². The maximum Gasteiger partial charge on any atom is 0.345 e. The van der Waals surface area contributed by atoms with Gasteiger partial charge in [-0.1, -0.05) is 11.6 Å². The van der Waals surface area contributed by atoms with E-state index in [0.717, 1.165) is 6.07 Å². The van der Waals surface area contributed by atoms with Crippen molar-refractivity contribution in [3.05, 3.63) is 46.4 Å². The zero-order valence-corrected chi connectivity index (χ0v) is 16.1. The van der Waals surface area contributed by atoms with E-state index in [0.29, 0.717) is 12.4 Å². The fraction of sp³-hybridized carbons (Fsp3) is 0.278. The van der Waals surface area contributed by atoms with Gasteiger partial charge in [0.2, 0.25) is 0 Å². The van der Waals surface area contributed by atoms with Gasteiger partial charge in [-0.2, -0.15) is 0 Å². The summed E-state index contributed by atoms with van der Waals surface area (Å²) in [5, 5.41) is 14.0. The van der Waals surface area contributed by atoms with Crippen molar-refractivity contribution in [1.29, 1.82) is 0 Å². The van der Waals surface area contributed by atoms with Crippen molar-refractivity contribution < 1.29 is 19.0 Å². The van der Waals surface area contributed by atoms with Crippen LogP contribution in [0.15, 0.2) is 24.4 Å². The SMILES string of the molecule is CCOC(=O)c1c(N)nn2ccc(N(CC)Cc3c(O)ccc(F)c3Cl)nc12. The Hall–Kier alpha value is -3.07. The van der Waals surface area contributed by atoms with Crippen LogP contribution in [0.4, 0.5) is 16.0 Å². The Morgan fingerprint density at radius 2 is 2.14 bits per heavy atom. The molecule has 0 fully saturated rings. The molecule has 0 spiro atoms. The van der Waals surface area contributed by atoms with Crippen LogP contribution in [0.5, 0.6) is 5.75 Å². The molecule has 0 saturated carbocycles. The van der Waals surface area contributed by atoms with Gasteiger partial charge in [0.1, 0.15) is 22.9 Å². The van der Waals surface area contributed by atoms with Gasteiger partial charge in [-0.3, -0.25) is 0 Å². The molecule has 28 heavy (non-hydrogen) atoms. The third-order valence-electron chi connectivity index (χ3n) is 4.20. The summed E-state index contributed by atoms with van der Waals surface area (Å²) in [5.41, 5.74) is 6.40. The van der Waals surface area contributed by atoms with Crippen LogP contribution < -0.4 is 10.6 Å². The minimum absolute atomic E-state index is 0.0111. The van der Waals surface area contributed by atoms with Gasteiger partial charge in [-0.25, -0.2) is 18.7 Å². The Bertz CT molecular complexity index is 1040. The Balaban J connectivity index is 2.03. The Morgan fingerprint density at radius 1 is 1.39 bits per heavy atom. The number of hydrogen-bond donors (Lipinski definition) is 2. The summed E-state index contributed by atoms with van der Waals surface area (Å²) in [7, 11) is 0. The Kier molecular flexibility index (Phi) is 5.55. The first-order valence-electron chi connectivity index (χ1n) is 8.60. The van der Waals surface area contributed by atoms with Crippen molar-refractivity contribution in [2.24, 2.45) is 0 Å². The largest absolute Gasteiger partial charge is 0.508 e. The number of anilines is 2. The molecule has 1 aromatic carbocycles. The Morgan fingerprint density at radius 3 is 2.82 bits per heavy atom. The van der Waals surface area contributed by atoms with Crippen LogP contribution in [0.2, 0.25) is 5.02 Å². The highest BCUT2D eigenvalue weighted by atomic mass is 35.5. The molecule has 0 unspecified atom stereocenters. The quantitative estimate of drug-likeness (QED) is 0.605. The van der Waals surface area contributed by atoms with Crippen LogP contribution in [0.3, 0.4) is 0 Å². The van der Waals surface area contributed by atoms with Gasteiger partial charge in [-0.05, 0) is 32.0 Å². The fourth-order valence-corrected chi connectivity index (χ4v) is 3.01. The van der Waals surface area contributed by atoms with E-state index in [4.69, 9.17) is 22.1 Å². The second kappa shape index (κ2) is 7.89. The summed E-state index contributed by atoms with van der Waals surface area (Å²) in [6.45, 7) is 4.34. The fourth-order valence-electron chi connectivity index (χ4n) is 2.79. The molecule has 0 atom stereocenters. The molecule has 3 aromatic rings. The van der Waals surface area contributed by atoms with Crippen LogP contribution in [0.1, 0.15) is 29.8 Å². The summed E-state index contributed by atoms with van der Waals surface area (Å²) in [6, 6.07) is 4.02. The third-order valence-corrected chi connectivity index (χ3v) is 4.61. The van der Waals surface area contributed by atoms with Crippen molar-refractivity contribution >= 4 is 34.9 Å². The third kappa shape index (κ3) is 3.53. The number of fused-ring (bicyclic) bond motifs is 1. The lowest BCUT2D eigenvalue weighted by Gasteiger charge is -2.23. The molecule has 3 N–H and O–H groups in total. The first-order chi connectivity index (χ1) is 13.4. The van der Waals surface area contributed by atoms with E-state index in [-0.39, 0.29) is 46.5 Å². The summed E-state index contributed by atoms with van der Waals surface area (Å²) < 4.78 is 20.2. The maximum absolute atomic E-state index is 13.8. The molecular formula is C18H19ClFN5O3. The number of carbonyl (C=O) groups excluding carboxylic acids is 1. The number of nitrogens with two attached hydrogens (primary N) is 1. The predicted octanol–water partition coefficient (Wildman–Crippen LogP) is 3.01. The molecule has 2 heterocycles. The van der Waals surface area contributed by atoms with E-state index in [1.807, 2.05) is 6.92 Å². The number of aromatic nitrogens is 3. The molecule has 8 nitrogen and oxygen atoms in total. The lowest BCUT2D eigenvalue weighted by Crippen LogP contribution is -2.24. The van der Waals surface area contributed by atoms with Crippen molar-refractivity contribution in [3.63, 3.8) is 0 Å². The van der Waals surface area contributed by atoms with E-state index in [9.17, 15) is 14.3 Å². The number of carbonyl (C=O) groups is 1. The number of benzene rings is 1. The molecule has 2 aromatic heterocycles. The molecule has 3 rings (SSSR count). The first kappa shape index (κ1) is 19.7. The summed E-state index contributed by atoms with van der Waals surface area (Å²) in [5.74, 6) is -0.875. The second-order valence-electron chi connectivity index (χ2n) is 5.91. The molecule has 0 saturated heterocycles. The molecule has 0 amide bonds. The van der Waals surface area contributed by atoms with Gasteiger partial charge in [0.05, 0.1) is 11.6 Å². The van der Waals surface area contributed by atoms with E-state index in [1.165, 1.54) is 10.6 Å². The highest BCUT2D eigenvalue weighted by molar-refractivity contribution is 6.31. The molecule has 0 bridgehead atoms. The molecule has 10 heteroatoms. The zero-order valence-electron chi connectivity index (χ0n) is 15.3. The van der Waals surface area contributed by atoms with Gasteiger partial charge in [0, 0.05) is 24.8 Å². The summed E-state index contributed by atoms with van der Waals surface area (Å²) in [6.07, 6.45) is 1.60. The van der Waals surface area contributed by atoms with Crippen molar-refractivity contribution in [2.45, 2.75) is 20.4 Å². The highest BCUT2D eigenvalue weighted by Crippen LogP contribution is 2.31. The number of aromatic hydroxyl groups is 1. The number of esters is 1. The average Bonchev–Trinajstić information content (AvgIpc) is 3.00. The van der Waals surface area contributed by atoms with E-state index < -0.39 is 11.8 Å². The van der Waals surface area contributed by atoms with Crippen molar-refractivity contribution in [1.82, 2.24) is 14.6 Å². The van der Waals surface area contributed by atoms with Crippen molar-refractivity contribution in [3.8, 4) is 5.75 Å². The highest BCUT2D eigenvalue weighted by Gasteiger charge is 2.22. The predicted molar refractivity (Wildman–Crippen MR) is 103 cm³/mol. The maximum atomic E-state index is 13.8. The van der Waals surface area contributed by atoms with Crippen LogP contribution in [-0.4, -0.2) is 38.8 Å². The summed E-state index contributed by atoms with van der Waals surface area (Å²) >= 11 is 6.01. The van der Waals surface area contributed by atoms with Gasteiger partial charge >= 0.3 is 5.97 Å². The van der Waals surface area contributed by atoms with Crippen LogP contribution in [-0.2, 0) is 11.3 Å². The zero-order chi connectivity index (χ0) is 20.4. The average molecular weight is 408 g/mol. The minimum Gasteiger partial charge on any atom is -0.508 e. The number of hydrogen-bond acceptors (Lipinski definition) is 7. The number of nitrogens with zero attached hydrogens (tertiary/aromatic N) is 4. The lowest BCUT2D eigenvalue weighted by atomic mass is 10.1. The van der Waals surface area contributed by atoms with Gasteiger partial charge < -0.3 is 20.5 Å². The van der Waals surface area contributed by atoms with Crippen LogP contribution >= 0.6 is 11.6 Å². The molecule has 148 valence electrons. The monoisotopic (exact) mass is 407 g/mol. The van der Waals surface area contributed by atoms with E-state index in [1.54, 1.807) is 24.1 Å². The molecule has 0 aliphatic heterocycles. The topological polar surface area (TPSA) is 106 Å². The van der Waals surface area contributed by atoms with E-state index in [2.05, 4.69) is 10.1 Å². The van der Waals surface area contributed by atoms with Crippen molar-refractivity contribution in [2.75, 3.05) is 23.8 Å². The normalized spacial score (nSPS) is 11.0. The number of phenols is 1. The Labute approximate surface area is 165 Å². The number of ether oxygens (including phenoxy) is 1. The number of phenolic OH excluding ortho intramolecular Hbond substituents is 1. The standard InChI is InChI=1S/C18H19ClFN5O3/c1-3-24(9-10-12(26)6-5-11(20)15(10)19)13-7-8-25-17(22-13)14(16(21)23-25)18(27)28-4-2/h5-8,26H,3-4,9H2,1-2H3,(H2,21,23). The number of nitrogen functional groups attached to an aromatic ring is 1.